The molecule has 0 heterocycles. The molecule has 0 unspecified atom stereocenters. The van der Waals surface area contributed by atoms with E-state index in [1.807, 2.05) is 60.7 Å². The molecule has 0 aliphatic heterocycles. The number of hydrogen-bond donors (Lipinski definition) is 1. The van der Waals surface area contributed by atoms with Crippen LogP contribution in [0, 0.1) is 17.0 Å². The van der Waals surface area contributed by atoms with Crippen molar-refractivity contribution in [1.82, 2.24) is 0 Å². The maximum Gasteiger partial charge on any atom is 0.274 e. The highest BCUT2D eigenvalue weighted by molar-refractivity contribution is 8.00. The van der Waals surface area contributed by atoms with E-state index < -0.39 is 10.2 Å². The number of carbonyl (C=O) groups excluding carboxylic acids is 1. The van der Waals surface area contributed by atoms with Gasteiger partial charge in [0.2, 0.25) is 5.91 Å². The lowest BCUT2D eigenvalue weighted by Crippen LogP contribution is -2.19. The van der Waals surface area contributed by atoms with Crippen molar-refractivity contribution >= 4 is 29.0 Å². The second-order valence-electron chi connectivity index (χ2n) is 5.92. The largest absolute Gasteiger partial charge is 0.324 e. The number of benzene rings is 3. The van der Waals surface area contributed by atoms with Gasteiger partial charge in [0, 0.05) is 11.0 Å². The summed E-state index contributed by atoms with van der Waals surface area (Å²) in [5.74, 6) is -0.223. The molecule has 0 bridgehead atoms. The van der Waals surface area contributed by atoms with Crippen LogP contribution >= 0.6 is 11.8 Å². The Bertz CT molecular complexity index is 946. The van der Waals surface area contributed by atoms with Crippen molar-refractivity contribution in [1.29, 1.82) is 0 Å². The molecule has 0 aliphatic carbocycles. The highest BCUT2D eigenvalue weighted by Crippen LogP contribution is 2.36. The Morgan fingerprint density at radius 1 is 0.963 bits per heavy atom. The molecule has 0 saturated carbocycles. The zero-order chi connectivity index (χ0) is 19.2. The molecule has 27 heavy (non-hydrogen) atoms. The number of nitrogens with zero attached hydrogens (tertiary/aromatic N) is 1. The van der Waals surface area contributed by atoms with E-state index in [9.17, 15) is 14.9 Å². The first-order valence-corrected chi connectivity index (χ1v) is 9.26. The first-order valence-electron chi connectivity index (χ1n) is 8.38. The summed E-state index contributed by atoms with van der Waals surface area (Å²) >= 11 is 1.44. The second-order valence-corrected chi connectivity index (χ2v) is 7.10. The van der Waals surface area contributed by atoms with Gasteiger partial charge in [0.25, 0.3) is 5.69 Å². The molecule has 0 spiro atoms. The zero-order valence-electron chi connectivity index (χ0n) is 14.7. The van der Waals surface area contributed by atoms with Crippen LogP contribution in [0.4, 0.5) is 11.4 Å². The number of anilines is 1. The second kappa shape index (κ2) is 8.51. The summed E-state index contributed by atoms with van der Waals surface area (Å²) in [4.78, 5) is 24.7. The number of nitro groups is 1. The van der Waals surface area contributed by atoms with E-state index in [2.05, 4.69) is 5.32 Å². The zero-order valence-corrected chi connectivity index (χ0v) is 15.5. The summed E-state index contributed by atoms with van der Waals surface area (Å²) in [7, 11) is 0. The smallest absolute Gasteiger partial charge is 0.274 e. The predicted octanol–water partition coefficient (Wildman–Crippen LogP) is 5.38. The molecule has 0 saturated heterocycles. The van der Waals surface area contributed by atoms with Gasteiger partial charge >= 0.3 is 0 Å². The van der Waals surface area contributed by atoms with E-state index >= 15 is 0 Å². The predicted molar refractivity (Wildman–Crippen MR) is 108 cm³/mol. The van der Waals surface area contributed by atoms with Gasteiger partial charge in [-0.05, 0) is 30.7 Å². The van der Waals surface area contributed by atoms with E-state index in [-0.39, 0.29) is 11.6 Å². The number of carbonyl (C=O) groups is 1. The summed E-state index contributed by atoms with van der Waals surface area (Å²) in [6.07, 6.45) is 0. The maximum atomic E-state index is 13.0. The fourth-order valence-corrected chi connectivity index (χ4v) is 3.74. The average Bonchev–Trinajstić information content (AvgIpc) is 2.69. The highest BCUT2D eigenvalue weighted by Gasteiger charge is 2.23. The molecular formula is C21H18N2O3S. The number of nitrogens with one attached hydrogen (secondary N) is 1. The number of nitro benzene ring substituents is 1. The van der Waals surface area contributed by atoms with Crippen LogP contribution < -0.4 is 5.32 Å². The van der Waals surface area contributed by atoms with Gasteiger partial charge in [0.1, 0.15) is 5.25 Å². The standard InChI is InChI=1S/C21H18N2O3S/c1-15-18(13-8-14-19(15)23(25)26)22-21(24)20(16-9-4-2-5-10-16)27-17-11-6-3-7-12-17/h2-14,20H,1H3,(H,22,24)/t20-/m0/s1. The van der Waals surface area contributed by atoms with Crippen LogP contribution in [0.25, 0.3) is 0 Å². The van der Waals surface area contributed by atoms with Gasteiger partial charge in [0.15, 0.2) is 0 Å². The van der Waals surface area contributed by atoms with Gasteiger partial charge < -0.3 is 5.32 Å². The third-order valence-electron chi connectivity index (χ3n) is 4.10. The molecule has 0 aliphatic rings. The Morgan fingerprint density at radius 2 is 1.59 bits per heavy atom. The molecule has 1 amide bonds. The quantitative estimate of drug-likeness (QED) is 0.355. The summed E-state index contributed by atoms with van der Waals surface area (Å²) in [6.45, 7) is 1.63. The number of thioether (sulfide) groups is 1. The van der Waals surface area contributed by atoms with Gasteiger partial charge in [-0.1, -0.05) is 54.6 Å². The minimum absolute atomic E-state index is 0.0141. The first-order chi connectivity index (χ1) is 13.1. The summed E-state index contributed by atoms with van der Waals surface area (Å²) < 4.78 is 0. The normalized spacial score (nSPS) is 11.6. The average molecular weight is 378 g/mol. The summed E-state index contributed by atoms with van der Waals surface area (Å²) in [5.41, 5.74) is 1.74. The summed E-state index contributed by atoms with van der Waals surface area (Å²) in [5, 5.41) is 13.5. The van der Waals surface area contributed by atoms with Crippen molar-refractivity contribution < 1.29 is 9.72 Å². The molecule has 6 heteroatoms. The Kier molecular flexibility index (Phi) is 5.88. The lowest BCUT2D eigenvalue weighted by atomic mass is 10.1. The van der Waals surface area contributed by atoms with Gasteiger partial charge in [-0.25, -0.2) is 0 Å². The van der Waals surface area contributed by atoms with Crippen molar-refractivity contribution in [3.63, 3.8) is 0 Å². The van der Waals surface area contributed by atoms with E-state index in [4.69, 9.17) is 0 Å². The van der Waals surface area contributed by atoms with Crippen molar-refractivity contribution in [3.05, 3.63) is 100 Å². The van der Waals surface area contributed by atoms with E-state index in [0.717, 1.165) is 10.5 Å². The molecular weight excluding hydrogens is 360 g/mol. The van der Waals surface area contributed by atoms with Crippen LogP contribution in [0.5, 0.6) is 0 Å². The third-order valence-corrected chi connectivity index (χ3v) is 5.36. The van der Waals surface area contributed by atoms with Crippen LogP contribution in [0.15, 0.2) is 83.8 Å². The highest BCUT2D eigenvalue weighted by atomic mass is 32.2. The number of hydrogen-bond acceptors (Lipinski definition) is 4. The van der Waals surface area contributed by atoms with Crippen molar-refractivity contribution in [2.24, 2.45) is 0 Å². The van der Waals surface area contributed by atoms with Crippen molar-refractivity contribution in [2.75, 3.05) is 5.32 Å². The van der Waals surface area contributed by atoms with E-state index in [0.29, 0.717) is 11.3 Å². The Labute approximate surface area is 161 Å². The fourth-order valence-electron chi connectivity index (χ4n) is 2.69. The molecule has 0 aromatic heterocycles. The van der Waals surface area contributed by atoms with Crippen molar-refractivity contribution in [3.8, 4) is 0 Å². The topological polar surface area (TPSA) is 72.2 Å². The van der Waals surface area contributed by atoms with E-state index in [1.165, 1.54) is 17.8 Å². The van der Waals surface area contributed by atoms with Crippen molar-refractivity contribution in [2.45, 2.75) is 17.1 Å². The fraction of sp³-hybridized carbons (Fsp3) is 0.0952. The van der Waals surface area contributed by atoms with Gasteiger partial charge in [-0.2, -0.15) is 0 Å². The lowest BCUT2D eigenvalue weighted by molar-refractivity contribution is -0.385. The monoisotopic (exact) mass is 378 g/mol. The number of rotatable bonds is 6. The molecule has 1 atom stereocenters. The van der Waals surface area contributed by atoms with Crippen LogP contribution in [0.3, 0.4) is 0 Å². The van der Waals surface area contributed by atoms with Crippen LogP contribution in [-0.2, 0) is 4.79 Å². The lowest BCUT2D eigenvalue weighted by Gasteiger charge is -2.18. The molecule has 0 radical (unpaired) electrons. The molecule has 3 aromatic carbocycles. The Hall–Kier alpha value is -3.12. The van der Waals surface area contributed by atoms with Gasteiger partial charge in [0.05, 0.1) is 16.2 Å². The van der Waals surface area contributed by atoms with Gasteiger partial charge in [-0.15, -0.1) is 11.8 Å². The molecule has 3 aromatic rings. The van der Waals surface area contributed by atoms with Crippen LogP contribution in [-0.4, -0.2) is 10.8 Å². The van der Waals surface area contributed by atoms with Gasteiger partial charge in [-0.3, -0.25) is 14.9 Å². The summed E-state index contributed by atoms with van der Waals surface area (Å²) in [6, 6.07) is 23.8. The first kappa shape index (κ1) is 18.7. The third kappa shape index (κ3) is 4.54. The molecule has 1 N–H and O–H groups in total. The number of amides is 1. The minimum Gasteiger partial charge on any atom is -0.324 e. The SMILES string of the molecule is Cc1c(NC(=O)[C@@H](Sc2ccccc2)c2ccccc2)cccc1[N+](=O)[O-]. The van der Waals surface area contributed by atoms with Crippen LogP contribution in [0.1, 0.15) is 16.4 Å². The molecule has 3 rings (SSSR count). The maximum absolute atomic E-state index is 13.0. The molecule has 136 valence electrons. The molecule has 0 fully saturated rings. The van der Waals surface area contributed by atoms with E-state index in [1.54, 1.807) is 19.1 Å². The Balaban J connectivity index is 1.90. The van der Waals surface area contributed by atoms with Crippen LogP contribution in [0.2, 0.25) is 0 Å². The molecule has 5 nitrogen and oxygen atoms in total. The minimum atomic E-state index is -0.479. The Morgan fingerprint density at radius 3 is 2.22 bits per heavy atom.